The first kappa shape index (κ1) is 55.8. The summed E-state index contributed by atoms with van der Waals surface area (Å²) in [5.41, 5.74) is 8.08. The molecule has 16 nitrogen and oxygen atoms in total. The fourth-order valence-corrected chi connectivity index (χ4v) is 10.6. The summed E-state index contributed by atoms with van der Waals surface area (Å²) in [6.45, 7) is 11.4. The third-order valence-corrected chi connectivity index (χ3v) is 15.0. The zero-order chi connectivity index (χ0) is 50.4. The first-order valence-electron chi connectivity index (χ1n) is 25.3. The molecule has 0 radical (unpaired) electrons. The Kier molecular flexibility index (Phi) is 21.3. The number of hydrogen-bond donors (Lipinski definition) is 5. The Labute approximate surface area is 409 Å². The van der Waals surface area contributed by atoms with E-state index < -0.39 is 77.9 Å². The lowest BCUT2D eigenvalue weighted by atomic mass is 9.78. The van der Waals surface area contributed by atoms with Gasteiger partial charge in [0.1, 0.15) is 30.2 Å². The second-order valence-electron chi connectivity index (χ2n) is 20.4. The summed E-state index contributed by atoms with van der Waals surface area (Å²) in [6.07, 6.45) is 18.3. The van der Waals surface area contributed by atoms with Crippen molar-refractivity contribution in [2.75, 3.05) is 26.1 Å². The van der Waals surface area contributed by atoms with Crippen molar-refractivity contribution in [2.24, 2.45) is 35.3 Å². The standard InChI is InChI=1S/C53H81N5O11/c1-32-14-10-9-11-15-33(2)41(57-46-31-55-23-24-56-46)30-40-20-17-37(6)53(65,69-40)50(62)51(63)58-25-13-12-16-42(58)52(64)68-44(34(3)27-38-18-21-43(59)45(29-38)66-7)22-19-39(54)28-36(5)48(61)49(67-8)47(60)35(4)26-32/h9-11,14-15,23-24,28,31-32,34-35,37-45,48-49,59,61,65H,12-13,16-22,25-27,29-30,54H2,1-8H3,(H,56,57)/b11-9+,14-10+,33-15+,36-28+/t32-,34-,35-,37?,38?,39+,40?,41?,42+,43-,44+,45-,48-,49+,53-/m1/s1. The highest BCUT2D eigenvalue weighted by Crippen LogP contribution is 2.38. The molecule has 4 heterocycles. The maximum absolute atomic E-state index is 14.4. The third kappa shape index (κ3) is 15.2. The van der Waals surface area contributed by atoms with Gasteiger partial charge < -0.3 is 50.2 Å². The highest BCUT2D eigenvalue weighted by Gasteiger charge is 2.53. The molecule has 2 bridgehead atoms. The Hall–Kier alpha value is -4.16. The van der Waals surface area contributed by atoms with E-state index in [0.717, 1.165) is 12.0 Å². The number of piperidine rings is 1. The number of aliphatic hydroxyl groups is 3. The van der Waals surface area contributed by atoms with Gasteiger partial charge >= 0.3 is 5.97 Å². The van der Waals surface area contributed by atoms with E-state index in [4.69, 9.17) is 24.7 Å². The summed E-state index contributed by atoms with van der Waals surface area (Å²) in [5.74, 6) is -5.96. The van der Waals surface area contributed by atoms with E-state index in [1.807, 2.05) is 58.1 Å². The van der Waals surface area contributed by atoms with E-state index >= 15 is 0 Å². The summed E-state index contributed by atoms with van der Waals surface area (Å²) >= 11 is 0. The zero-order valence-electron chi connectivity index (χ0n) is 42.2. The molecule has 69 heavy (non-hydrogen) atoms. The Morgan fingerprint density at radius 2 is 1.68 bits per heavy atom. The van der Waals surface area contributed by atoms with Crippen molar-refractivity contribution >= 4 is 29.3 Å². The summed E-state index contributed by atoms with van der Waals surface area (Å²) in [5, 5.41) is 37.5. The van der Waals surface area contributed by atoms with Crippen LogP contribution in [0.3, 0.4) is 0 Å². The van der Waals surface area contributed by atoms with E-state index in [1.165, 1.54) is 12.0 Å². The topological polar surface area (TPSA) is 233 Å². The number of anilines is 1. The molecule has 1 aliphatic carbocycles. The quantitative estimate of drug-likeness (QED) is 0.121. The Morgan fingerprint density at radius 1 is 0.913 bits per heavy atom. The highest BCUT2D eigenvalue weighted by molar-refractivity contribution is 6.39. The van der Waals surface area contributed by atoms with Crippen molar-refractivity contribution in [1.82, 2.24) is 14.9 Å². The molecule has 1 aromatic heterocycles. The van der Waals surface area contributed by atoms with Crippen LogP contribution in [0.25, 0.3) is 0 Å². The normalized spacial score (nSPS) is 38.6. The van der Waals surface area contributed by atoms with Gasteiger partial charge in [0.25, 0.3) is 11.7 Å². The van der Waals surface area contributed by atoms with Gasteiger partial charge in [-0.2, -0.15) is 0 Å². The van der Waals surface area contributed by atoms with Crippen molar-refractivity contribution < 1.29 is 53.4 Å². The number of nitrogens with zero attached hydrogens (tertiary/aromatic N) is 3. The number of allylic oxidation sites excluding steroid dienone is 5. The Morgan fingerprint density at radius 3 is 2.39 bits per heavy atom. The van der Waals surface area contributed by atoms with Crippen LogP contribution in [0.5, 0.6) is 0 Å². The second-order valence-corrected chi connectivity index (χ2v) is 20.4. The number of fused-ring (bicyclic) bond motifs is 3. The molecule has 6 N–H and O–H groups in total. The number of carbonyl (C=O) groups is 4. The highest BCUT2D eigenvalue weighted by atomic mass is 16.6. The van der Waals surface area contributed by atoms with Crippen LogP contribution in [0.2, 0.25) is 0 Å². The van der Waals surface area contributed by atoms with Crippen LogP contribution < -0.4 is 11.1 Å². The first-order chi connectivity index (χ1) is 32.9. The molecule has 1 aromatic rings. The molecule has 0 spiro atoms. The molecule has 4 aliphatic rings. The van der Waals surface area contributed by atoms with E-state index in [9.17, 15) is 34.5 Å². The fourth-order valence-electron chi connectivity index (χ4n) is 10.6. The molecule has 1 amide bonds. The Bertz CT molecular complexity index is 1980. The van der Waals surface area contributed by atoms with Crippen LogP contribution in [-0.4, -0.2) is 135 Å². The molecule has 3 fully saturated rings. The predicted molar refractivity (Wildman–Crippen MR) is 262 cm³/mol. The summed E-state index contributed by atoms with van der Waals surface area (Å²) in [4.78, 5) is 66.9. The van der Waals surface area contributed by atoms with E-state index in [1.54, 1.807) is 45.6 Å². The minimum atomic E-state index is -2.44. The van der Waals surface area contributed by atoms with Gasteiger partial charge in [-0.25, -0.2) is 9.78 Å². The lowest BCUT2D eigenvalue weighted by Gasteiger charge is -2.43. The SMILES string of the molecule is CO[C@@H]1CC(C[C@@H](C)[C@@H]2CC[C@H](N)/C=C(\C)[C@@H](O)[C@@H](OC)C(=O)[C@H](C)C[C@H](C)/C=C/C=C/C=C(\C)C(Nc3cnccn3)CC3CCC(C)[C@@](O)(O3)C(=O)C(=O)N3CCCC[C@H]3C(=O)O2)CC[C@H]1O. The van der Waals surface area contributed by atoms with E-state index in [0.29, 0.717) is 82.0 Å². The maximum atomic E-state index is 14.4. The first-order valence-corrected chi connectivity index (χ1v) is 25.3. The minimum Gasteiger partial charge on any atom is -0.461 e. The van der Waals surface area contributed by atoms with Crippen molar-refractivity contribution in [1.29, 1.82) is 0 Å². The number of rotatable bonds is 7. The van der Waals surface area contributed by atoms with Crippen molar-refractivity contribution in [3.8, 4) is 0 Å². The number of nitrogens with two attached hydrogens (primary N) is 1. The second kappa shape index (κ2) is 26.3. The number of hydrogen-bond acceptors (Lipinski definition) is 15. The van der Waals surface area contributed by atoms with Crippen LogP contribution in [0.1, 0.15) is 125 Å². The average molecular weight is 964 g/mol. The van der Waals surface area contributed by atoms with Crippen molar-refractivity contribution in [3.63, 3.8) is 0 Å². The van der Waals surface area contributed by atoms with Crippen LogP contribution in [0, 0.1) is 29.6 Å². The third-order valence-electron chi connectivity index (χ3n) is 15.0. The smallest absolute Gasteiger partial charge is 0.329 e. The van der Waals surface area contributed by atoms with Crippen LogP contribution in [-0.2, 0) is 38.1 Å². The van der Waals surface area contributed by atoms with E-state index in [2.05, 4.69) is 15.3 Å². The average Bonchev–Trinajstić information content (AvgIpc) is 3.33. The molecule has 0 aromatic carbocycles. The Balaban J connectivity index is 1.47. The number of methoxy groups -OCH3 is 2. The molecule has 16 heteroatoms. The number of aliphatic hydroxyl groups excluding tert-OH is 2. The molecule has 15 atom stereocenters. The number of cyclic esters (lactones) is 1. The summed E-state index contributed by atoms with van der Waals surface area (Å²) in [7, 11) is 3.00. The number of aromatic nitrogens is 2. The van der Waals surface area contributed by atoms with Crippen molar-refractivity contribution in [3.05, 3.63) is 66.2 Å². The van der Waals surface area contributed by atoms with Gasteiger partial charge in [-0.1, -0.05) is 69.7 Å². The predicted octanol–water partition coefficient (Wildman–Crippen LogP) is 5.95. The van der Waals surface area contributed by atoms with Crippen LogP contribution in [0.15, 0.2) is 66.2 Å². The van der Waals surface area contributed by atoms with Crippen molar-refractivity contribution in [2.45, 2.75) is 186 Å². The molecular formula is C53H81N5O11. The molecule has 3 aliphatic heterocycles. The van der Waals surface area contributed by atoms with Gasteiger partial charge in [-0.05, 0) is 121 Å². The summed E-state index contributed by atoms with van der Waals surface area (Å²) in [6, 6.07) is -2.03. The van der Waals surface area contributed by atoms with Crippen LogP contribution in [0.4, 0.5) is 5.82 Å². The maximum Gasteiger partial charge on any atom is 0.329 e. The van der Waals surface area contributed by atoms with Gasteiger partial charge in [0, 0.05) is 51.0 Å². The minimum absolute atomic E-state index is 0.0241. The van der Waals surface area contributed by atoms with Gasteiger partial charge in [0.05, 0.1) is 30.6 Å². The monoisotopic (exact) mass is 964 g/mol. The van der Waals surface area contributed by atoms with Gasteiger partial charge in [0.2, 0.25) is 5.79 Å². The number of amides is 1. The number of Topliss-reactive ketones (excluding diaryl/α,β-unsaturated/α-hetero) is 2. The zero-order valence-corrected chi connectivity index (χ0v) is 42.2. The molecule has 1 saturated carbocycles. The molecule has 4 unspecified atom stereocenters. The lowest BCUT2D eigenvalue weighted by molar-refractivity contribution is -0.263. The molecule has 384 valence electrons. The van der Waals surface area contributed by atoms with E-state index in [-0.39, 0.29) is 48.6 Å². The number of nitrogens with one attached hydrogen (secondary N) is 1. The number of esters is 1. The fraction of sp³-hybridized carbons (Fsp3) is 0.698. The number of ether oxygens (including phenoxy) is 4. The van der Waals surface area contributed by atoms with Gasteiger partial charge in [-0.15, -0.1) is 0 Å². The van der Waals surface area contributed by atoms with Gasteiger partial charge in [-0.3, -0.25) is 19.4 Å². The van der Waals surface area contributed by atoms with Gasteiger partial charge in [0.15, 0.2) is 5.78 Å². The number of carbonyl (C=O) groups excluding carboxylic acids is 4. The summed E-state index contributed by atoms with van der Waals surface area (Å²) < 4.78 is 23.9. The lowest BCUT2D eigenvalue weighted by Crippen LogP contribution is -2.61. The van der Waals surface area contributed by atoms with Crippen LogP contribution >= 0.6 is 0 Å². The molecule has 5 rings (SSSR count). The molecular weight excluding hydrogens is 883 g/mol. The number of ketones is 2. The largest absolute Gasteiger partial charge is 0.461 e. The molecule has 2 saturated heterocycles.